The molecule has 2 unspecified atom stereocenters. The van der Waals surface area contributed by atoms with E-state index in [1.165, 1.54) is 23.9 Å². The third-order valence-electron chi connectivity index (χ3n) is 11.6. The summed E-state index contributed by atoms with van der Waals surface area (Å²) in [6, 6.07) is 35.3. The SMILES string of the molecule is N#CC(c1ccccc1-c1ccc(Cl)cc1)C1CCN(c2ccc(C(=O)NS(=O)(=O)c3ccc(NC(CCN4CCOCC4)CSc4ccccc4)c(S(=O)(=O)C(F)(F)F)c3)cc2)CC1. The number of alkyl halides is 3. The van der Waals surface area contributed by atoms with Crippen LogP contribution in [0.1, 0.15) is 41.1 Å². The van der Waals surface area contributed by atoms with Crippen LogP contribution in [0.4, 0.5) is 24.5 Å². The molecule has 0 aliphatic carbocycles. The molecule has 2 aliphatic rings. The minimum absolute atomic E-state index is 0.0454. The Hall–Kier alpha value is -5.09. The number of sulfone groups is 1. The molecule has 0 spiro atoms. The maximum atomic E-state index is 14.2. The van der Waals surface area contributed by atoms with E-state index in [4.69, 9.17) is 16.3 Å². The number of morpholine rings is 1. The van der Waals surface area contributed by atoms with Crippen LogP contribution in [-0.4, -0.2) is 90.9 Å². The average molecular weight is 967 g/mol. The highest BCUT2D eigenvalue weighted by atomic mass is 35.5. The summed E-state index contributed by atoms with van der Waals surface area (Å²) >= 11 is 7.56. The molecule has 2 N–H and O–H groups in total. The Morgan fingerprint density at radius 2 is 1.52 bits per heavy atom. The number of amides is 1. The van der Waals surface area contributed by atoms with Crippen molar-refractivity contribution in [3.8, 4) is 17.2 Å². The van der Waals surface area contributed by atoms with E-state index in [9.17, 15) is 40.1 Å². The minimum Gasteiger partial charge on any atom is -0.380 e. The molecule has 2 heterocycles. The van der Waals surface area contributed by atoms with Gasteiger partial charge >= 0.3 is 5.51 Å². The van der Waals surface area contributed by atoms with E-state index in [0.29, 0.717) is 69.2 Å². The van der Waals surface area contributed by atoms with Crippen LogP contribution in [0.25, 0.3) is 11.1 Å². The second-order valence-corrected chi connectivity index (χ2v) is 20.9. The molecule has 0 radical (unpaired) electrons. The van der Waals surface area contributed by atoms with Gasteiger partial charge in [0.1, 0.15) is 4.90 Å². The lowest BCUT2D eigenvalue weighted by Gasteiger charge is -2.36. The van der Waals surface area contributed by atoms with Crippen LogP contribution in [0.5, 0.6) is 0 Å². The molecule has 342 valence electrons. The van der Waals surface area contributed by atoms with Crippen LogP contribution in [-0.2, 0) is 24.6 Å². The lowest BCUT2D eigenvalue weighted by atomic mass is 9.78. The smallest absolute Gasteiger partial charge is 0.380 e. The Bertz CT molecular complexity index is 2690. The second-order valence-electron chi connectivity index (χ2n) is 15.8. The number of nitriles is 1. The van der Waals surface area contributed by atoms with Crippen molar-refractivity contribution < 1.29 is 39.5 Å². The van der Waals surface area contributed by atoms with Gasteiger partial charge in [-0.1, -0.05) is 66.2 Å². The number of benzene rings is 5. The number of hydrogen-bond donors (Lipinski definition) is 2. The van der Waals surface area contributed by atoms with Crippen LogP contribution in [0.15, 0.2) is 136 Å². The maximum absolute atomic E-state index is 14.2. The van der Waals surface area contributed by atoms with Gasteiger partial charge in [-0.15, -0.1) is 11.8 Å². The standard InChI is InChI=1S/C47H47ClF3N5O6S3/c48-36-14-10-33(11-15-36)41-8-4-5-9-42(41)43(31-52)34-20-24-56(25-21-34)38-16-12-35(13-17-38)46(57)54-65(60,61)40-18-19-44(45(30-40)64(58,59)47(49,50)51)53-37(22-23-55-26-28-62-29-27-55)32-63-39-6-2-1-3-7-39/h1-19,30,34,37,43,53H,20-29,32H2,(H,54,57). The van der Waals surface area contributed by atoms with Gasteiger partial charge in [0.2, 0.25) is 0 Å². The highest BCUT2D eigenvalue weighted by molar-refractivity contribution is 7.99. The Morgan fingerprint density at radius 3 is 2.18 bits per heavy atom. The summed E-state index contributed by atoms with van der Waals surface area (Å²) in [5, 5.41) is 14.0. The van der Waals surface area contributed by atoms with Gasteiger partial charge in [-0.2, -0.15) is 18.4 Å². The molecule has 2 saturated heterocycles. The van der Waals surface area contributed by atoms with Crippen LogP contribution in [0, 0.1) is 17.2 Å². The summed E-state index contributed by atoms with van der Waals surface area (Å²) in [5.41, 5.74) is -2.55. The molecular weight excluding hydrogens is 919 g/mol. The van der Waals surface area contributed by atoms with E-state index < -0.39 is 52.8 Å². The molecule has 5 aromatic carbocycles. The molecule has 5 aromatic rings. The molecule has 1 amide bonds. The third kappa shape index (κ3) is 11.8. The largest absolute Gasteiger partial charge is 0.501 e. The van der Waals surface area contributed by atoms with Crippen LogP contribution < -0.4 is 14.9 Å². The van der Waals surface area contributed by atoms with Gasteiger partial charge in [-0.25, -0.2) is 21.6 Å². The topological polar surface area (TPSA) is 149 Å². The van der Waals surface area contributed by atoms with Crippen molar-refractivity contribution in [1.29, 1.82) is 5.26 Å². The first-order chi connectivity index (χ1) is 31.1. The first-order valence-corrected chi connectivity index (χ1v) is 25.3. The number of nitrogens with zero attached hydrogens (tertiary/aromatic N) is 3. The number of carbonyl (C=O) groups is 1. The summed E-state index contributed by atoms with van der Waals surface area (Å²) in [6.45, 7) is 4.22. The number of sulfonamides is 1. The van der Waals surface area contributed by atoms with Crippen molar-refractivity contribution in [3.05, 3.63) is 137 Å². The van der Waals surface area contributed by atoms with E-state index in [1.807, 2.05) is 83.6 Å². The monoisotopic (exact) mass is 965 g/mol. The number of anilines is 2. The zero-order chi connectivity index (χ0) is 46.2. The Labute approximate surface area is 386 Å². The van der Waals surface area contributed by atoms with Crippen molar-refractivity contribution in [2.75, 3.05) is 61.9 Å². The average Bonchev–Trinajstić information content (AvgIpc) is 3.31. The Kier molecular flexibility index (Phi) is 15.5. The number of hydrogen-bond acceptors (Lipinski definition) is 11. The number of rotatable bonds is 16. The van der Waals surface area contributed by atoms with Crippen LogP contribution in [0.2, 0.25) is 5.02 Å². The van der Waals surface area contributed by atoms with Gasteiger partial charge < -0.3 is 15.0 Å². The molecule has 2 fully saturated rings. The van der Waals surface area contributed by atoms with Gasteiger partial charge in [0.05, 0.1) is 35.8 Å². The fraction of sp³-hybridized carbons (Fsp3) is 0.319. The zero-order valence-electron chi connectivity index (χ0n) is 35.1. The van der Waals surface area contributed by atoms with E-state index >= 15 is 0 Å². The predicted molar refractivity (Wildman–Crippen MR) is 247 cm³/mol. The lowest BCUT2D eigenvalue weighted by molar-refractivity contribution is -0.0435. The molecular formula is C47H47ClF3N5O6S3. The van der Waals surface area contributed by atoms with E-state index in [0.717, 1.165) is 52.2 Å². The third-order valence-corrected chi connectivity index (χ3v) is 15.9. The summed E-state index contributed by atoms with van der Waals surface area (Å²) in [7, 11) is -10.9. The normalized spacial score (nSPS) is 16.3. The van der Waals surface area contributed by atoms with Crippen molar-refractivity contribution in [2.45, 2.75) is 51.4 Å². The highest BCUT2D eigenvalue weighted by Gasteiger charge is 2.48. The minimum atomic E-state index is -6.07. The molecule has 0 bridgehead atoms. The van der Waals surface area contributed by atoms with Gasteiger partial charge in [0.15, 0.2) is 0 Å². The lowest BCUT2D eigenvalue weighted by Crippen LogP contribution is -2.39. The molecule has 11 nitrogen and oxygen atoms in total. The predicted octanol–water partition coefficient (Wildman–Crippen LogP) is 9.24. The Balaban J connectivity index is 1.03. The van der Waals surface area contributed by atoms with E-state index in [1.54, 1.807) is 12.1 Å². The van der Waals surface area contributed by atoms with Crippen molar-refractivity contribution in [3.63, 3.8) is 0 Å². The molecule has 2 atom stereocenters. The van der Waals surface area contributed by atoms with Crippen LogP contribution >= 0.6 is 23.4 Å². The summed E-state index contributed by atoms with van der Waals surface area (Å²) in [4.78, 5) is 16.4. The fourth-order valence-electron chi connectivity index (χ4n) is 8.07. The second kappa shape index (κ2) is 21.0. The number of piperidine rings is 1. The number of thioether (sulfide) groups is 1. The molecule has 2 aliphatic heterocycles. The van der Waals surface area contributed by atoms with Gasteiger partial charge in [-0.3, -0.25) is 9.69 Å². The maximum Gasteiger partial charge on any atom is 0.501 e. The molecule has 18 heteroatoms. The molecule has 7 rings (SSSR count). The van der Waals surface area contributed by atoms with Crippen molar-refractivity contribution >= 4 is 60.5 Å². The summed E-state index contributed by atoms with van der Waals surface area (Å²) in [5.74, 6) is -0.970. The van der Waals surface area contributed by atoms with Crippen molar-refractivity contribution in [1.82, 2.24) is 9.62 Å². The number of halogens is 4. The van der Waals surface area contributed by atoms with Gasteiger partial charge in [0, 0.05) is 65.7 Å². The highest BCUT2D eigenvalue weighted by Crippen LogP contribution is 2.40. The number of carbonyl (C=O) groups excluding carboxylic acids is 1. The molecule has 0 aromatic heterocycles. The fourth-order valence-corrected chi connectivity index (χ4v) is 11.2. The Morgan fingerprint density at radius 1 is 0.862 bits per heavy atom. The van der Waals surface area contributed by atoms with Gasteiger partial charge in [-0.05, 0) is 109 Å². The number of nitrogens with one attached hydrogen (secondary N) is 2. The van der Waals surface area contributed by atoms with Gasteiger partial charge in [0.25, 0.3) is 25.8 Å². The first-order valence-electron chi connectivity index (χ1n) is 21.0. The zero-order valence-corrected chi connectivity index (χ0v) is 38.3. The van der Waals surface area contributed by atoms with Crippen LogP contribution in [0.3, 0.4) is 0 Å². The summed E-state index contributed by atoms with van der Waals surface area (Å²) in [6.07, 6.45) is 1.87. The number of ether oxygens (including phenoxy) is 1. The molecule has 65 heavy (non-hydrogen) atoms. The first kappa shape index (κ1) is 47.9. The summed E-state index contributed by atoms with van der Waals surface area (Å²) < 4.78 is 103. The van der Waals surface area contributed by atoms with E-state index in [-0.39, 0.29) is 17.4 Å². The molecule has 0 saturated carbocycles. The quantitative estimate of drug-likeness (QED) is 0.0912. The van der Waals surface area contributed by atoms with Crippen molar-refractivity contribution in [2.24, 2.45) is 5.92 Å². The van der Waals surface area contributed by atoms with E-state index in [2.05, 4.69) is 21.2 Å².